The van der Waals surface area contributed by atoms with E-state index in [-0.39, 0.29) is 10.7 Å². The fourth-order valence-electron chi connectivity index (χ4n) is 2.72. The highest BCUT2D eigenvalue weighted by Gasteiger charge is 2.20. The second-order valence-electron chi connectivity index (χ2n) is 6.25. The van der Waals surface area contributed by atoms with Gasteiger partial charge in [-0.1, -0.05) is 29.8 Å². The maximum atomic E-state index is 13.4. The summed E-state index contributed by atoms with van der Waals surface area (Å²) >= 11 is 0. The van der Waals surface area contributed by atoms with Crippen LogP contribution in [0.5, 0.6) is 0 Å². The zero-order chi connectivity index (χ0) is 18.9. The number of sulfonamides is 1. The molecule has 0 aliphatic rings. The van der Waals surface area contributed by atoms with Crippen LogP contribution < -0.4 is 4.72 Å². The molecule has 0 aliphatic heterocycles. The van der Waals surface area contributed by atoms with Gasteiger partial charge in [0.05, 0.1) is 28.5 Å². The molecule has 0 saturated carbocycles. The molecule has 0 amide bonds. The molecule has 3 aromatic rings. The van der Waals surface area contributed by atoms with Crippen molar-refractivity contribution < 1.29 is 12.8 Å². The van der Waals surface area contributed by atoms with Crippen molar-refractivity contribution in [3.63, 3.8) is 0 Å². The van der Waals surface area contributed by atoms with Gasteiger partial charge < -0.3 is 0 Å². The Morgan fingerprint density at radius 2 is 1.77 bits per heavy atom. The minimum Gasteiger partial charge on any atom is -0.276 e. The number of hydrogen-bond donors (Lipinski definition) is 1. The van der Waals surface area contributed by atoms with Gasteiger partial charge in [-0.25, -0.2) is 12.8 Å². The zero-order valence-electron chi connectivity index (χ0n) is 14.8. The van der Waals surface area contributed by atoms with Gasteiger partial charge in [0.25, 0.3) is 10.0 Å². The molecule has 1 aromatic heterocycles. The van der Waals surface area contributed by atoms with Crippen LogP contribution in [0.4, 0.5) is 10.1 Å². The third-order valence-electron chi connectivity index (χ3n) is 4.17. The van der Waals surface area contributed by atoms with E-state index in [4.69, 9.17) is 0 Å². The number of benzene rings is 2. The van der Waals surface area contributed by atoms with Crippen molar-refractivity contribution in [2.75, 3.05) is 4.72 Å². The van der Waals surface area contributed by atoms with Crippen LogP contribution in [-0.2, 0) is 16.6 Å². The topological polar surface area (TPSA) is 64.0 Å². The first-order chi connectivity index (χ1) is 12.3. The fraction of sp³-hybridized carbons (Fsp3) is 0.211. The van der Waals surface area contributed by atoms with Crippen LogP contribution in [0, 0.1) is 26.6 Å². The summed E-state index contributed by atoms with van der Waals surface area (Å²) < 4.78 is 42.9. The third-order valence-corrected chi connectivity index (χ3v) is 5.54. The largest absolute Gasteiger partial charge is 0.276 e. The SMILES string of the molecule is Cc1ccc(S(=O)(=O)Nc2c(C)nn(Cc3cccc(F)c3)c2C)cc1. The van der Waals surface area contributed by atoms with Gasteiger partial charge in [0, 0.05) is 0 Å². The lowest BCUT2D eigenvalue weighted by Crippen LogP contribution is -2.14. The van der Waals surface area contributed by atoms with E-state index in [1.54, 1.807) is 54.9 Å². The summed E-state index contributed by atoms with van der Waals surface area (Å²) in [5.74, 6) is -0.315. The van der Waals surface area contributed by atoms with Crippen molar-refractivity contribution in [3.8, 4) is 0 Å². The Labute approximate surface area is 152 Å². The Balaban J connectivity index is 1.89. The number of hydrogen-bond acceptors (Lipinski definition) is 3. The van der Waals surface area contributed by atoms with E-state index >= 15 is 0 Å². The van der Waals surface area contributed by atoms with Gasteiger partial charge in [0.1, 0.15) is 5.82 Å². The second kappa shape index (κ2) is 6.92. The van der Waals surface area contributed by atoms with Crippen LogP contribution in [-0.4, -0.2) is 18.2 Å². The number of aryl methyl sites for hydroxylation is 2. The van der Waals surface area contributed by atoms with E-state index in [1.807, 2.05) is 6.92 Å². The van der Waals surface area contributed by atoms with Gasteiger partial charge >= 0.3 is 0 Å². The van der Waals surface area contributed by atoms with E-state index in [0.717, 1.165) is 11.1 Å². The van der Waals surface area contributed by atoms with Crippen molar-refractivity contribution in [3.05, 3.63) is 76.9 Å². The molecule has 0 spiro atoms. The van der Waals surface area contributed by atoms with Gasteiger partial charge in [-0.05, 0) is 50.6 Å². The van der Waals surface area contributed by atoms with Gasteiger partial charge in [-0.3, -0.25) is 9.40 Å². The molecule has 0 bridgehead atoms. The van der Waals surface area contributed by atoms with Gasteiger partial charge in [-0.2, -0.15) is 5.10 Å². The van der Waals surface area contributed by atoms with Crippen molar-refractivity contribution in [2.45, 2.75) is 32.2 Å². The number of rotatable bonds is 5. The maximum Gasteiger partial charge on any atom is 0.262 e. The molecular formula is C19H20FN3O2S. The zero-order valence-corrected chi connectivity index (χ0v) is 15.6. The Morgan fingerprint density at radius 1 is 1.08 bits per heavy atom. The lowest BCUT2D eigenvalue weighted by Gasteiger charge is -2.09. The summed E-state index contributed by atoms with van der Waals surface area (Å²) in [5.41, 5.74) is 3.42. The Bertz CT molecular complexity index is 1040. The third kappa shape index (κ3) is 3.77. The van der Waals surface area contributed by atoms with Crippen LogP contribution in [0.1, 0.15) is 22.5 Å². The van der Waals surface area contributed by atoms with Crippen LogP contribution >= 0.6 is 0 Å². The summed E-state index contributed by atoms with van der Waals surface area (Å²) in [4.78, 5) is 0.194. The fourth-order valence-corrected chi connectivity index (χ4v) is 3.89. The number of nitrogens with one attached hydrogen (secondary N) is 1. The van der Waals surface area contributed by atoms with Crippen molar-refractivity contribution in [2.24, 2.45) is 0 Å². The summed E-state index contributed by atoms with van der Waals surface area (Å²) in [7, 11) is -3.70. The Hall–Kier alpha value is -2.67. The normalized spacial score (nSPS) is 11.5. The molecule has 0 radical (unpaired) electrons. The molecule has 1 N–H and O–H groups in total. The summed E-state index contributed by atoms with van der Waals surface area (Å²) in [6, 6.07) is 12.9. The quantitative estimate of drug-likeness (QED) is 0.740. The average Bonchev–Trinajstić information content (AvgIpc) is 2.82. The Morgan fingerprint density at radius 3 is 2.42 bits per heavy atom. The van der Waals surface area contributed by atoms with Crippen molar-refractivity contribution >= 4 is 15.7 Å². The highest BCUT2D eigenvalue weighted by molar-refractivity contribution is 7.92. The molecule has 0 aliphatic carbocycles. The van der Waals surface area contributed by atoms with Crippen molar-refractivity contribution in [1.82, 2.24) is 9.78 Å². The van der Waals surface area contributed by atoms with E-state index < -0.39 is 10.0 Å². The molecule has 2 aromatic carbocycles. The lowest BCUT2D eigenvalue weighted by atomic mass is 10.2. The average molecular weight is 373 g/mol. The molecule has 0 fully saturated rings. The van der Waals surface area contributed by atoms with Gasteiger partial charge in [0.15, 0.2) is 0 Å². The summed E-state index contributed by atoms with van der Waals surface area (Å²) in [5, 5.41) is 4.39. The smallest absolute Gasteiger partial charge is 0.262 e. The number of halogens is 1. The minimum absolute atomic E-state index is 0.194. The summed E-state index contributed by atoms with van der Waals surface area (Å²) in [6.45, 7) is 5.78. The van der Waals surface area contributed by atoms with Gasteiger partial charge in [0.2, 0.25) is 0 Å². The molecular weight excluding hydrogens is 353 g/mol. The van der Waals surface area contributed by atoms with Crippen LogP contribution in [0.2, 0.25) is 0 Å². The molecule has 0 unspecified atom stereocenters. The van der Waals surface area contributed by atoms with Gasteiger partial charge in [-0.15, -0.1) is 0 Å². The maximum absolute atomic E-state index is 13.4. The molecule has 1 heterocycles. The van der Waals surface area contributed by atoms with Crippen LogP contribution in [0.15, 0.2) is 53.4 Å². The Kier molecular flexibility index (Phi) is 4.82. The van der Waals surface area contributed by atoms with Crippen LogP contribution in [0.25, 0.3) is 0 Å². The predicted octanol–water partition coefficient (Wildman–Crippen LogP) is 3.80. The van der Waals surface area contributed by atoms with Crippen molar-refractivity contribution in [1.29, 1.82) is 0 Å². The first-order valence-electron chi connectivity index (χ1n) is 8.14. The second-order valence-corrected chi connectivity index (χ2v) is 7.93. The van der Waals surface area contributed by atoms with E-state index in [9.17, 15) is 12.8 Å². The standard InChI is InChI=1S/C19H20FN3O2S/c1-13-7-9-18(10-8-13)26(24,25)22-19-14(2)21-23(15(19)3)12-16-5-4-6-17(20)11-16/h4-11,22H,12H2,1-3H3. The summed E-state index contributed by atoms with van der Waals surface area (Å²) in [6.07, 6.45) is 0. The van der Waals surface area contributed by atoms with E-state index in [1.165, 1.54) is 12.1 Å². The molecule has 0 atom stereocenters. The lowest BCUT2D eigenvalue weighted by molar-refractivity contribution is 0.601. The predicted molar refractivity (Wildman–Crippen MR) is 99.2 cm³/mol. The monoisotopic (exact) mass is 373 g/mol. The number of anilines is 1. The highest BCUT2D eigenvalue weighted by Crippen LogP contribution is 2.24. The first kappa shape index (κ1) is 18.1. The highest BCUT2D eigenvalue weighted by atomic mass is 32.2. The molecule has 0 saturated heterocycles. The number of nitrogens with zero attached hydrogens (tertiary/aromatic N) is 2. The number of aromatic nitrogens is 2. The minimum atomic E-state index is -3.70. The molecule has 136 valence electrons. The first-order valence-corrected chi connectivity index (χ1v) is 9.62. The molecule has 5 nitrogen and oxygen atoms in total. The van der Waals surface area contributed by atoms with Crippen LogP contribution in [0.3, 0.4) is 0 Å². The van der Waals surface area contributed by atoms with E-state index in [2.05, 4.69) is 9.82 Å². The molecule has 7 heteroatoms. The molecule has 3 rings (SSSR count). The molecule has 26 heavy (non-hydrogen) atoms. The van der Waals surface area contributed by atoms with E-state index in [0.29, 0.717) is 23.6 Å².